The predicted octanol–water partition coefficient (Wildman–Crippen LogP) is 2.69. The van der Waals surface area contributed by atoms with Gasteiger partial charge >= 0.3 is 0 Å². The van der Waals surface area contributed by atoms with Crippen LogP contribution < -0.4 is 10.6 Å². The van der Waals surface area contributed by atoms with E-state index in [0.717, 1.165) is 42.2 Å². The average molecular weight is 329 g/mol. The second-order valence-corrected chi connectivity index (χ2v) is 7.07. The summed E-state index contributed by atoms with van der Waals surface area (Å²) in [5.41, 5.74) is 2.97. The van der Waals surface area contributed by atoms with Crippen molar-refractivity contribution in [2.45, 2.75) is 26.1 Å². The van der Waals surface area contributed by atoms with Crippen molar-refractivity contribution in [3.8, 4) is 5.75 Å². The lowest BCUT2D eigenvalue weighted by atomic mass is 10.0. The number of hydrogen-bond donors (Lipinski definition) is 3. The summed E-state index contributed by atoms with van der Waals surface area (Å²) in [4.78, 5) is 16.3. The number of phenolic OH excluding ortho intramolecular Hbond substituents is 1. The summed E-state index contributed by atoms with van der Waals surface area (Å²) >= 11 is 1.70. The maximum absolute atomic E-state index is 12.6. The molecule has 0 spiro atoms. The molecule has 1 unspecified atom stereocenters. The lowest BCUT2D eigenvalue weighted by molar-refractivity contribution is 0.0934. The van der Waals surface area contributed by atoms with E-state index in [2.05, 4.69) is 22.5 Å². The molecule has 0 radical (unpaired) electrons. The topological polar surface area (TPSA) is 64.6 Å². The second-order valence-electron chi connectivity index (χ2n) is 5.97. The first-order chi connectivity index (χ1) is 11.2. The van der Waals surface area contributed by atoms with Gasteiger partial charge in [0.25, 0.3) is 5.91 Å². The highest BCUT2D eigenvalue weighted by Gasteiger charge is 2.32. The van der Waals surface area contributed by atoms with Gasteiger partial charge in [-0.3, -0.25) is 9.69 Å². The Balaban J connectivity index is 1.66. The summed E-state index contributed by atoms with van der Waals surface area (Å²) in [6, 6.07) is 6.92. The Morgan fingerprint density at radius 2 is 2.09 bits per heavy atom. The van der Waals surface area contributed by atoms with Crippen molar-refractivity contribution in [2.24, 2.45) is 0 Å². The number of likely N-dealkylation sites (N-methyl/N-ethyl adjacent to an activating group) is 1. The summed E-state index contributed by atoms with van der Waals surface area (Å²) in [7, 11) is 0. The molecule has 2 aliphatic rings. The average Bonchev–Trinajstić information content (AvgIpc) is 2.93. The Labute approximate surface area is 138 Å². The number of carbonyl (C=O) groups excluding carboxylic acids is 1. The minimum Gasteiger partial charge on any atom is -0.508 e. The van der Waals surface area contributed by atoms with Crippen LogP contribution >= 0.6 is 11.3 Å². The monoisotopic (exact) mass is 329 g/mol. The summed E-state index contributed by atoms with van der Waals surface area (Å²) in [6.07, 6.45) is 0.687. The number of nitrogens with zero attached hydrogens (tertiary/aromatic N) is 1. The first-order valence-electron chi connectivity index (χ1n) is 7.89. The molecule has 23 heavy (non-hydrogen) atoms. The number of anilines is 1. The normalized spacial score (nSPS) is 20.4. The molecular formula is C17H19N3O2S. The number of amides is 1. The Hall–Kier alpha value is -2.05. The van der Waals surface area contributed by atoms with Gasteiger partial charge in [0.05, 0.1) is 5.56 Å². The number of rotatable bonds is 2. The molecule has 3 N–H and O–H groups in total. The van der Waals surface area contributed by atoms with Gasteiger partial charge < -0.3 is 15.7 Å². The van der Waals surface area contributed by atoms with Crippen LogP contribution in [0.1, 0.15) is 39.5 Å². The van der Waals surface area contributed by atoms with E-state index in [9.17, 15) is 9.90 Å². The smallest absolute Gasteiger partial charge is 0.256 e. The predicted molar refractivity (Wildman–Crippen MR) is 90.9 cm³/mol. The van der Waals surface area contributed by atoms with Crippen LogP contribution in [0.2, 0.25) is 0 Å². The molecule has 0 saturated carbocycles. The molecule has 0 aliphatic carbocycles. The zero-order chi connectivity index (χ0) is 16.0. The van der Waals surface area contributed by atoms with Gasteiger partial charge in [-0.1, -0.05) is 19.1 Å². The molecule has 120 valence electrons. The van der Waals surface area contributed by atoms with Crippen LogP contribution in [0.3, 0.4) is 0 Å². The van der Waals surface area contributed by atoms with Crippen molar-refractivity contribution in [1.82, 2.24) is 10.2 Å². The fourth-order valence-corrected chi connectivity index (χ4v) is 4.59. The fraction of sp³-hybridized carbons (Fsp3) is 0.353. The number of fused-ring (bicyclic) bond motifs is 3. The van der Waals surface area contributed by atoms with Gasteiger partial charge in [-0.2, -0.15) is 0 Å². The van der Waals surface area contributed by atoms with Crippen LogP contribution in [0.15, 0.2) is 24.3 Å². The van der Waals surface area contributed by atoms with Crippen LogP contribution in [0.4, 0.5) is 5.00 Å². The zero-order valence-corrected chi connectivity index (χ0v) is 13.7. The van der Waals surface area contributed by atoms with Crippen molar-refractivity contribution in [1.29, 1.82) is 0 Å². The van der Waals surface area contributed by atoms with Crippen molar-refractivity contribution in [2.75, 3.05) is 18.4 Å². The first-order valence-corrected chi connectivity index (χ1v) is 8.70. The van der Waals surface area contributed by atoms with E-state index >= 15 is 0 Å². The molecule has 5 nitrogen and oxygen atoms in total. The van der Waals surface area contributed by atoms with E-state index in [1.165, 1.54) is 10.4 Å². The largest absolute Gasteiger partial charge is 0.508 e. The fourth-order valence-electron chi connectivity index (χ4n) is 3.27. The second kappa shape index (κ2) is 5.54. The van der Waals surface area contributed by atoms with E-state index in [1.807, 2.05) is 12.1 Å². The maximum atomic E-state index is 12.6. The number of benzene rings is 1. The molecule has 0 fully saturated rings. The first kappa shape index (κ1) is 14.5. The molecule has 1 atom stereocenters. The summed E-state index contributed by atoms with van der Waals surface area (Å²) in [5.74, 6) is 0.224. The van der Waals surface area contributed by atoms with Crippen molar-refractivity contribution < 1.29 is 9.90 Å². The molecule has 1 aromatic carbocycles. The highest BCUT2D eigenvalue weighted by atomic mass is 32.1. The molecule has 0 bridgehead atoms. The maximum Gasteiger partial charge on any atom is 0.256 e. The zero-order valence-electron chi connectivity index (χ0n) is 12.9. The SMILES string of the molecule is CCN1CCc2c(sc3c2C(=O)NC(c2ccc(O)cc2)N3)C1. The third kappa shape index (κ3) is 2.48. The van der Waals surface area contributed by atoms with E-state index < -0.39 is 0 Å². The van der Waals surface area contributed by atoms with Gasteiger partial charge in [0.2, 0.25) is 0 Å². The number of aromatic hydroxyl groups is 1. The third-order valence-electron chi connectivity index (χ3n) is 4.59. The highest BCUT2D eigenvalue weighted by Crippen LogP contribution is 2.40. The van der Waals surface area contributed by atoms with E-state index in [4.69, 9.17) is 0 Å². The molecule has 2 aliphatic heterocycles. The lowest BCUT2D eigenvalue weighted by Crippen LogP contribution is -2.38. The highest BCUT2D eigenvalue weighted by molar-refractivity contribution is 7.16. The molecule has 1 aromatic heterocycles. The molecule has 6 heteroatoms. The summed E-state index contributed by atoms with van der Waals surface area (Å²) in [5, 5.41) is 16.9. The van der Waals surface area contributed by atoms with Crippen LogP contribution in [0, 0.1) is 0 Å². The van der Waals surface area contributed by atoms with E-state index in [0.29, 0.717) is 0 Å². The molecular weight excluding hydrogens is 310 g/mol. The standard InChI is InChI=1S/C17H19N3O2S/c1-2-20-8-7-12-13(9-20)23-17-14(12)16(22)18-15(19-17)10-3-5-11(21)6-4-10/h3-6,15,19,21H,2,7-9H2,1H3,(H,18,22). The molecule has 3 heterocycles. The van der Waals surface area contributed by atoms with Gasteiger partial charge in [-0.05, 0) is 36.2 Å². The van der Waals surface area contributed by atoms with E-state index in [1.54, 1.807) is 23.5 Å². The van der Waals surface area contributed by atoms with Crippen LogP contribution in [-0.4, -0.2) is 29.0 Å². The molecule has 2 aromatic rings. The third-order valence-corrected chi connectivity index (χ3v) is 5.74. The Kier molecular flexibility index (Phi) is 3.50. The number of phenols is 1. The summed E-state index contributed by atoms with van der Waals surface area (Å²) in [6.45, 7) is 5.16. The Morgan fingerprint density at radius 3 is 2.83 bits per heavy atom. The van der Waals surface area contributed by atoms with Crippen LogP contribution in [0.5, 0.6) is 5.75 Å². The number of hydrogen-bond acceptors (Lipinski definition) is 5. The van der Waals surface area contributed by atoms with Crippen LogP contribution in [0.25, 0.3) is 0 Å². The lowest BCUT2D eigenvalue weighted by Gasteiger charge is -2.28. The molecule has 1 amide bonds. The Morgan fingerprint density at radius 1 is 1.30 bits per heavy atom. The van der Waals surface area contributed by atoms with Gasteiger partial charge in [0, 0.05) is 18.0 Å². The van der Waals surface area contributed by atoms with E-state index in [-0.39, 0.29) is 17.8 Å². The Bertz CT molecular complexity index is 754. The van der Waals surface area contributed by atoms with Gasteiger partial charge in [-0.15, -0.1) is 11.3 Å². The number of nitrogens with one attached hydrogen (secondary N) is 2. The van der Waals surface area contributed by atoms with Crippen LogP contribution in [-0.2, 0) is 13.0 Å². The minimum absolute atomic E-state index is 0.000673. The van der Waals surface area contributed by atoms with Crippen molar-refractivity contribution in [3.63, 3.8) is 0 Å². The van der Waals surface area contributed by atoms with Crippen molar-refractivity contribution in [3.05, 3.63) is 45.8 Å². The quantitative estimate of drug-likeness (QED) is 0.793. The molecule has 0 saturated heterocycles. The van der Waals surface area contributed by atoms with Gasteiger partial charge in [0.15, 0.2) is 0 Å². The minimum atomic E-state index is -0.252. The summed E-state index contributed by atoms with van der Waals surface area (Å²) < 4.78 is 0. The number of thiophene rings is 1. The van der Waals surface area contributed by atoms with Gasteiger partial charge in [0.1, 0.15) is 16.9 Å². The van der Waals surface area contributed by atoms with Gasteiger partial charge in [-0.25, -0.2) is 0 Å². The molecule has 4 rings (SSSR count). The number of carbonyl (C=O) groups is 1. The van der Waals surface area contributed by atoms with Crippen molar-refractivity contribution >= 4 is 22.2 Å².